The molecule has 0 amide bonds. The Morgan fingerprint density at radius 2 is 1.39 bits per heavy atom. The molecule has 0 bridgehead atoms. The molecule has 1 atom stereocenters. The topological polar surface area (TPSA) is 75.4 Å². The number of aliphatic hydroxyl groups excluding tert-OH is 1. The van der Waals surface area contributed by atoms with Crippen LogP contribution < -0.4 is 14.9 Å². The zero-order valence-electron chi connectivity index (χ0n) is 26.0. The molecule has 0 radical (unpaired) electrons. The Bertz CT molecular complexity index is 1700. The Hall–Kier alpha value is -3.85. The fraction of sp³-hybridized carbons (Fsp3) is 0.270. The Kier molecular flexibility index (Phi) is 12.3. The summed E-state index contributed by atoms with van der Waals surface area (Å²) in [7, 11) is 0. The number of aryl methyl sites for hydroxylation is 2. The second-order valence-corrected chi connectivity index (χ2v) is 11.5. The lowest BCUT2D eigenvalue weighted by Crippen LogP contribution is -2.50. The molecule has 1 aliphatic rings. The first-order valence-electron chi connectivity index (χ1n) is 15.1. The van der Waals surface area contributed by atoms with Gasteiger partial charge in [0.05, 0.1) is 11.4 Å². The number of nitrogens with zero attached hydrogens (tertiary/aromatic N) is 2. The van der Waals surface area contributed by atoms with Crippen LogP contribution in [0.2, 0.25) is 0 Å². The highest BCUT2D eigenvalue weighted by atomic mass is 35.5. The Morgan fingerprint density at radius 3 is 2.00 bits per heavy atom. The van der Waals surface area contributed by atoms with Crippen LogP contribution in [0.4, 0.5) is 0 Å². The standard InChI is InChI=1S/C37H38N2O5.2ClH/c1-26-19-27(2)21-32(20-26)44-35-25-43-34-22-31(13-14-33(34)37(35)41)42-24-30(40)23-38-15-17-39(18-16-38)36(28-9-5-3-6-10-28)29-11-7-4-8-12-29;;/h3-14,19-22,25,30,36,40H,15-18,23-24H2,1-2H3;2*1H. The third-order valence-corrected chi connectivity index (χ3v) is 8.05. The van der Waals surface area contributed by atoms with E-state index in [0.29, 0.717) is 29.0 Å². The van der Waals surface area contributed by atoms with Crippen LogP contribution in [0.3, 0.4) is 0 Å². The minimum absolute atomic E-state index is 0. The highest BCUT2D eigenvalue weighted by molar-refractivity contribution is 5.85. The third kappa shape index (κ3) is 8.49. The molecule has 5 aromatic rings. The number of halogens is 2. The molecule has 1 unspecified atom stereocenters. The number of hydrogen-bond acceptors (Lipinski definition) is 7. The van der Waals surface area contributed by atoms with E-state index in [9.17, 15) is 9.90 Å². The van der Waals surface area contributed by atoms with Gasteiger partial charge in [0, 0.05) is 38.8 Å². The molecule has 0 spiro atoms. The van der Waals surface area contributed by atoms with Gasteiger partial charge in [0.25, 0.3) is 0 Å². The van der Waals surface area contributed by atoms with E-state index in [1.807, 2.05) is 32.0 Å². The summed E-state index contributed by atoms with van der Waals surface area (Å²) < 4.78 is 17.5. The minimum Gasteiger partial charge on any atom is -0.491 e. The maximum absolute atomic E-state index is 13.1. The maximum atomic E-state index is 13.1. The fourth-order valence-electron chi connectivity index (χ4n) is 6.00. The number of ether oxygens (including phenoxy) is 2. The van der Waals surface area contributed by atoms with Gasteiger partial charge in [-0.25, -0.2) is 0 Å². The van der Waals surface area contributed by atoms with Gasteiger partial charge in [-0.3, -0.25) is 14.6 Å². The van der Waals surface area contributed by atoms with Crippen LogP contribution in [0.5, 0.6) is 17.2 Å². The van der Waals surface area contributed by atoms with Crippen molar-refractivity contribution in [3.63, 3.8) is 0 Å². The van der Waals surface area contributed by atoms with Gasteiger partial charge in [0.1, 0.15) is 36.1 Å². The molecule has 1 N–H and O–H groups in total. The molecule has 1 aliphatic heterocycles. The number of fused-ring (bicyclic) bond motifs is 1. The van der Waals surface area contributed by atoms with Crippen molar-refractivity contribution in [2.75, 3.05) is 39.3 Å². The van der Waals surface area contributed by atoms with Crippen LogP contribution in [0.25, 0.3) is 11.0 Å². The summed E-state index contributed by atoms with van der Waals surface area (Å²) in [5.41, 5.74) is 4.83. The number of β-amino-alcohol motifs (C(OH)–C–C–N with tert-alkyl or cyclic N) is 1. The molecule has 0 saturated carbocycles. The average Bonchev–Trinajstić information content (AvgIpc) is 3.03. The molecule has 6 rings (SSSR count). The second kappa shape index (κ2) is 16.1. The van der Waals surface area contributed by atoms with Gasteiger partial charge in [0.2, 0.25) is 11.2 Å². The van der Waals surface area contributed by atoms with Crippen LogP contribution in [0.15, 0.2) is 113 Å². The third-order valence-electron chi connectivity index (χ3n) is 8.05. The molecule has 1 fully saturated rings. The molecular formula is C37H40Cl2N2O5. The van der Waals surface area contributed by atoms with E-state index in [-0.39, 0.29) is 48.6 Å². The lowest BCUT2D eigenvalue weighted by atomic mass is 9.96. The minimum atomic E-state index is -0.656. The highest BCUT2D eigenvalue weighted by Gasteiger charge is 2.27. The maximum Gasteiger partial charge on any atom is 0.235 e. The van der Waals surface area contributed by atoms with Crippen LogP contribution in [-0.4, -0.2) is 60.3 Å². The molecule has 1 aromatic heterocycles. The molecule has 4 aromatic carbocycles. The first-order valence-corrected chi connectivity index (χ1v) is 15.1. The van der Waals surface area contributed by atoms with Gasteiger partial charge >= 0.3 is 0 Å². The monoisotopic (exact) mass is 662 g/mol. The Morgan fingerprint density at radius 1 is 0.783 bits per heavy atom. The van der Waals surface area contributed by atoms with Gasteiger partial charge in [-0.1, -0.05) is 66.7 Å². The molecule has 9 heteroatoms. The lowest BCUT2D eigenvalue weighted by Gasteiger charge is -2.40. The van der Waals surface area contributed by atoms with E-state index in [0.717, 1.165) is 37.3 Å². The van der Waals surface area contributed by atoms with Crippen LogP contribution in [0, 0.1) is 13.8 Å². The normalized spacial score (nSPS) is 14.3. The summed E-state index contributed by atoms with van der Waals surface area (Å²) in [6.07, 6.45) is 0.678. The smallest absolute Gasteiger partial charge is 0.235 e. The lowest BCUT2D eigenvalue weighted by molar-refractivity contribution is 0.0401. The summed E-state index contributed by atoms with van der Waals surface area (Å²) >= 11 is 0. The van der Waals surface area contributed by atoms with Crippen molar-refractivity contribution in [1.29, 1.82) is 0 Å². The van der Waals surface area contributed by atoms with Crippen molar-refractivity contribution in [3.05, 3.63) is 136 Å². The van der Waals surface area contributed by atoms with Crippen LogP contribution >= 0.6 is 24.8 Å². The quantitative estimate of drug-likeness (QED) is 0.170. The first-order chi connectivity index (χ1) is 21.4. The number of rotatable bonds is 10. The van der Waals surface area contributed by atoms with E-state index in [4.69, 9.17) is 13.9 Å². The highest BCUT2D eigenvalue weighted by Crippen LogP contribution is 2.30. The van der Waals surface area contributed by atoms with E-state index >= 15 is 0 Å². The predicted octanol–water partition coefficient (Wildman–Crippen LogP) is 7.19. The molecule has 46 heavy (non-hydrogen) atoms. The molecule has 1 saturated heterocycles. The van der Waals surface area contributed by atoms with E-state index in [1.54, 1.807) is 18.2 Å². The van der Waals surface area contributed by atoms with E-state index < -0.39 is 6.10 Å². The Labute approximate surface area is 282 Å². The number of aliphatic hydroxyl groups is 1. The first kappa shape index (κ1) is 35.0. The predicted molar refractivity (Wildman–Crippen MR) is 187 cm³/mol. The molecular weight excluding hydrogens is 623 g/mol. The summed E-state index contributed by atoms with van der Waals surface area (Å²) in [6, 6.07) is 32.4. The Balaban J connectivity index is 0.00000240. The average molecular weight is 664 g/mol. The van der Waals surface area contributed by atoms with E-state index in [2.05, 4.69) is 70.5 Å². The summed E-state index contributed by atoms with van der Waals surface area (Å²) in [6.45, 7) is 8.16. The van der Waals surface area contributed by atoms with Crippen LogP contribution in [0.1, 0.15) is 28.3 Å². The summed E-state index contributed by atoms with van der Waals surface area (Å²) in [5.74, 6) is 1.25. The molecule has 0 aliphatic carbocycles. The van der Waals surface area contributed by atoms with Crippen molar-refractivity contribution >= 4 is 35.8 Å². The SMILES string of the molecule is Cc1cc(C)cc(Oc2coc3cc(OCC(O)CN4CCN(C(c5ccccc5)c5ccccc5)CC4)ccc3c2=O)c1.Cl.Cl. The molecule has 2 heterocycles. The van der Waals surface area contributed by atoms with Crippen molar-refractivity contribution in [2.45, 2.75) is 26.0 Å². The van der Waals surface area contributed by atoms with Crippen molar-refractivity contribution in [3.8, 4) is 17.2 Å². The fourth-order valence-corrected chi connectivity index (χ4v) is 6.00. The van der Waals surface area contributed by atoms with Gasteiger partial charge < -0.3 is 19.0 Å². The largest absolute Gasteiger partial charge is 0.491 e. The molecule has 7 nitrogen and oxygen atoms in total. The van der Waals surface area contributed by atoms with Crippen molar-refractivity contribution < 1.29 is 19.0 Å². The van der Waals surface area contributed by atoms with E-state index in [1.165, 1.54) is 17.4 Å². The zero-order valence-corrected chi connectivity index (χ0v) is 27.6. The van der Waals surface area contributed by atoms with Gasteiger partial charge in [-0.15, -0.1) is 24.8 Å². The van der Waals surface area contributed by atoms with Gasteiger partial charge in [0.15, 0.2) is 0 Å². The molecule has 242 valence electrons. The van der Waals surface area contributed by atoms with Gasteiger partial charge in [-0.05, 0) is 60.4 Å². The van der Waals surface area contributed by atoms with Crippen molar-refractivity contribution in [2.24, 2.45) is 0 Å². The van der Waals surface area contributed by atoms with Crippen molar-refractivity contribution in [1.82, 2.24) is 9.80 Å². The number of piperazine rings is 1. The number of hydrogen-bond donors (Lipinski definition) is 1. The number of benzene rings is 4. The summed E-state index contributed by atoms with van der Waals surface area (Å²) in [5, 5.41) is 11.2. The second-order valence-electron chi connectivity index (χ2n) is 11.5. The zero-order chi connectivity index (χ0) is 30.5. The summed E-state index contributed by atoms with van der Waals surface area (Å²) in [4.78, 5) is 17.9. The van der Waals surface area contributed by atoms with Crippen LogP contribution in [-0.2, 0) is 0 Å². The van der Waals surface area contributed by atoms with Gasteiger partial charge in [-0.2, -0.15) is 0 Å².